The van der Waals surface area contributed by atoms with E-state index in [2.05, 4.69) is 25.6 Å². The number of rotatable bonds is 4. The van der Waals surface area contributed by atoms with E-state index in [4.69, 9.17) is 4.74 Å². The summed E-state index contributed by atoms with van der Waals surface area (Å²) in [5.41, 5.74) is 2.41. The van der Waals surface area contributed by atoms with Crippen LogP contribution < -0.4 is 20.3 Å². The summed E-state index contributed by atoms with van der Waals surface area (Å²) in [4.78, 5) is 27.5. The van der Waals surface area contributed by atoms with Crippen LogP contribution in [0, 0.1) is 6.92 Å². The maximum atomic E-state index is 12.1. The van der Waals surface area contributed by atoms with Crippen molar-refractivity contribution < 1.29 is 9.53 Å². The van der Waals surface area contributed by atoms with Crippen LogP contribution in [0.15, 0.2) is 36.5 Å². The minimum absolute atomic E-state index is 0.0409. The van der Waals surface area contributed by atoms with Crippen molar-refractivity contribution in [3.05, 3.63) is 42.2 Å². The van der Waals surface area contributed by atoms with E-state index in [1.807, 2.05) is 56.1 Å². The van der Waals surface area contributed by atoms with Crippen LogP contribution in [0.5, 0.6) is 5.75 Å². The summed E-state index contributed by atoms with van der Waals surface area (Å²) in [7, 11) is 1.88. The summed E-state index contributed by atoms with van der Waals surface area (Å²) in [5, 5.41) is 7.39. The van der Waals surface area contributed by atoms with E-state index in [9.17, 15) is 4.79 Å². The average molecular weight is 404 g/mol. The zero-order chi connectivity index (χ0) is 20.8. The maximum absolute atomic E-state index is 12.1. The highest BCUT2D eigenvalue weighted by Gasteiger charge is 2.33. The number of fused-ring (bicyclic) bond motifs is 2. The zero-order valence-electron chi connectivity index (χ0n) is 17.2. The van der Waals surface area contributed by atoms with Gasteiger partial charge in [0.05, 0.1) is 11.2 Å². The number of amides is 1. The van der Waals surface area contributed by atoms with Gasteiger partial charge in [0.15, 0.2) is 5.82 Å². The van der Waals surface area contributed by atoms with Crippen LogP contribution in [0.25, 0.3) is 10.9 Å². The molecular formula is C22H24N6O2. The number of hydrogen-bond donors (Lipinski definition) is 2. The molecule has 1 aromatic carbocycles. The largest absolute Gasteiger partial charge is 0.490 e. The molecular weight excluding hydrogens is 380 g/mol. The van der Waals surface area contributed by atoms with Crippen LogP contribution in [0.1, 0.15) is 25.5 Å². The molecule has 30 heavy (non-hydrogen) atoms. The van der Waals surface area contributed by atoms with Crippen molar-refractivity contribution in [1.82, 2.24) is 15.0 Å². The van der Waals surface area contributed by atoms with Crippen LogP contribution in [0.4, 0.5) is 17.5 Å². The molecule has 1 amide bonds. The molecule has 0 saturated heterocycles. The molecule has 8 heteroatoms. The maximum Gasteiger partial charge on any atom is 0.246 e. The third kappa shape index (κ3) is 3.28. The van der Waals surface area contributed by atoms with Gasteiger partial charge in [-0.15, -0.1) is 0 Å². The molecule has 5 rings (SSSR count). The normalized spacial score (nSPS) is 22.8. The fourth-order valence-corrected chi connectivity index (χ4v) is 3.89. The Morgan fingerprint density at radius 1 is 1.23 bits per heavy atom. The topological polar surface area (TPSA) is 92.3 Å². The van der Waals surface area contributed by atoms with E-state index in [0.717, 1.165) is 41.0 Å². The van der Waals surface area contributed by atoms with E-state index in [-0.39, 0.29) is 24.1 Å². The summed E-state index contributed by atoms with van der Waals surface area (Å²) < 4.78 is 6.12. The Balaban J connectivity index is 1.23. The fraction of sp³-hybridized carbons (Fsp3) is 0.364. The van der Waals surface area contributed by atoms with E-state index in [0.29, 0.717) is 11.6 Å². The third-order valence-electron chi connectivity index (χ3n) is 5.92. The van der Waals surface area contributed by atoms with Gasteiger partial charge < -0.3 is 20.3 Å². The predicted molar refractivity (Wildman–Crippen MR) is 116 cm³/mol. The van der Waals surface area contributed by atoms with Gasteiger partial charge in [0.25, 0.3) is 0 Å². The first-order valence-corrected chi connectivity index (χ1v) is 10.2. The molecule has 0 radical (unpaired) electrons. The lowest BCUT2D eigenvalue weighted by Crippen LogP contribution is -2.45. The predicted octanol–water partition coefficient (Wildman–Crippen LogP) is 3.13. The van der Waals surface area contributed by atoms with Gasteiger partial charge in [0.2, 0.25) is 11.9 Å². The van der Waals surface area contributed by atoms with E-state index in [1.165, 1.54) is 0 Å². The SMILES string of the molecule is Cc1nc(N[C@H]2C[C@H](Oc3ccc4ncccc4c3)C2)nc2c1NC(=O)[C@H](C)N2C. The van der Waals surface area contributed by atoms with Crippen LogP contribution in [0.2, 0.25) is 0 Å². The smallest absolute Gasteiger partial charge is 0.246 e. The molecule has 1 fully saturated rings. The van der Waals surface area contributed by atoms with Crippen molar-refractivity contribution in [3.8, 4) is 5.75 Å². The molecule has 2 aliphatic rings. The second kappa shape index (κ2) is 7.12. The van der Waals surface area contributed by atoms with Gasteiger partial charge in [-0.2, -0.15) is 4.98 Å². The van der Waals surface area contributed by atoms with Crippen LogP contribution in [0.3, 0.4) is 0 Å². The molecule has 1 atom stereocenters. The standard InChI is InChI=1S/C22H24N6O2/c1-12-19-20(28(3)13(2)21(29)26-19)27-22(24-12)25-15-10-17(11-15)30-16-6-7-18-14(9-16)5-4-8-23-18/h4-9,13,15,17H,10-11H2,1-3H3,(H,26,29)(H,24,25,27)/t13-,15-,17-/m0/s1. The van der Waals surface area contributed by atoms with Gasteiger partial charge in [-0.25, -0.2) is 4.98 Å². The van der Waals surface area contributed by atoms with Gasteiger partial charge in [-0.1, -0.05) is 6.07 Å². The lowest BCUT2D eigenvalue weighted by atomic mass is 9.89. The lowest BCUT2D eigenvalue weighted by molar-refractivity contribution is -0.117. The zero-order valence-corrected chi connectivity index (χ0v) is 17.2. The van der Waals surface area contributed by atoms with Gasteiger partial charge in [-0.3, -0.25) is 9.78 Å². The average Bonchev–Trinajstić information content (AvgIpc) is 2.71. The number of likely N-dealkylation sites (N-methyl/N-ethyl adjacent to an activating group) is 1. The number of aryl methyl sites for hydroxylation is 1. The van der Waals surface area contributed by atoms with Crippen LogP contribution in [-0.2, 0) is 4.79 Å². The highest BCUT2D eigenvalue weighted by Crippen LogP contribution is 2.34. The molecule has 2 aromatic heterocycles. The Bertz CT molecular complexity index is 1130. The van der Waals surface area contributed by atoms with E-state index in [1.54, 1.807) is 6.20 Å². The monoisotopic (exact) mass is 404 g/mol. The number of nitrogens with one attached hydrogen (secondary N) is 2. The summed E-state index contributed by atoms with van der Waals surface area (Å²) in [6, 6.07) is 9.95. The Labute approximate surface area is 174 Å². The van der Waals surface area contributed by atoms with Crippen molar-refractivity contribution >= 4 is 34.3 Å². The number of aromatic nitrogens is 3. The number of hydrogen-bond acceptors (Lipinski definition) is 7. The summed E-state index contributed by atoms with van der Waals surface area (Å²) in [5.74, 6) is 2.16. The molecule has 8 nitrogen and oxygen atoms in total. The molecule has 0 bridgehead atoms. The van der Waals surface area contributed by atoms with Crippen molar-refractivity contribution in [3.63, 3.8) is 0 Å². The molecule has 1 aliphatic heterocycles. The summed E-state index contributed by atoms with van der Waals surface area (Å²) in [6.07, 6.45) is 3.72. The van der Waals surface area contributed by atoms with Crippen LogP contribution in [-0.4, -0.2) is 46.1 Å². The third-order valence-corrected chi connectivity index (χ3v) is 5.92. The molecule has 1 aliphatic carbocycles. The van der Waals surface area contributed by atoms with E-state index >= 15 is 0 Å². The number of carbonyl (C=O) groups is 1. The second-order valence-electron chi connectivity index (χ2n) is 8.02. The highest BCUT2D eigenvalue weighted by atomic mass is 16.5. The minimum Gasteiger partial charge on any atom is -0.490 e. The molecule has 2 N–H and O–H groups in total. The molecule has 1 saturated carbocycles. The van der Waals surface area contributed by atoms with Crippen molar-refractivity contribution in [1.29, 1.82) is 0 Å². The number of benzene rings is 1. The van der Waals surface area contributed by atoms with Gasteiger partial charge >= 0.3 is 0 Å². The molecule has 0 unspecified atom stereocenters. The van der Waals surface area contributed by atoms with E-state index < -0.39 is 0 Å². The first-order valence-electron chi connectivity index (χ1n) is 10.2. The van der Waals surface area contributed by atoms with Gasteiger partial charge in [0.1, 0.15) is 23.6 Å². The van der Waals surface area contributed by atoms with Crippen molar-refractivity contribution in [2.24, 2.45) is 0 Å². The van der Waals surface area contributed by atoms with Crippen molar-refractivity contribution in [2.45, 2.75) is 44.9 Å². The Morgan fingerprint density at radius 3 is 2.90 bits per heavy atom. The first-order chi connectivity index (χ1) is 14.5. The molecule has 154 valence electrons. The number of carbonyl (C=O) groups excluding carboxylic acids is 1. The minimum atomic E-state index is -0.265. The fourth-order valence-electron chi connectivity index (χ4n) is 3.89. The second-order valence-corrected chi connectivity index (χ2v) is 8.02. The summed E-state index contributed by atoms with van der Waals surface area (Å²) >= 11 is 0. The number of nitrogens with zero attached hydrogens (tertiary/aromatic N) is 4. The quantitative estimate of drug-likeness (QED) is 0.690. The highest BCUT2D eigenvalue weighted by molar-refractivity contribution is 6.03. The van der Waals surface area contributed by atoms with Crippen molar-refractivity contribution in [2.75, 3.05) is 22.6 Å². The Kier molecular flexibility index (Phi) is 4.42. The van der Waals surface area contributed by atoms with Gasteiger partial charge in [-0.05, 0) is 38.1 Å². The molecule has 3 aromatic rings. The lowest BCUT2D eigenvalue weighted by Gasteiger charge is -2.37. The first kappa shape index (κ1) is 18.6. The molecule has 3 heterocycles. The van der Waals surface area contributed by atoms with Gasteiger partial charge in [0, 0.05) is 37.5 Å². The summed E-state index contributed by atoms with van der Waals surface area (Å²) in [6.45, 7) is 3.75. The Morgan fingerprint density at radius 2 is 2.07 bits per heavy atom. The Hall–Kier alpha value is -3.42. The van der Waals surface area contributed by atoms with Crippen LogP contribution >= 0.6 is 0 Å². The number of pyridine rings is 1. The molecule has 0 spiro atoms. The number of ether oxygens (including phenoxy) is 1. The number of anilines is 3.